The van der Waals surface area contributed by atoms with Crippen LogP contribution in [0.1, 0.15) is 32.3 Å². The van der Waals surface area contributed by atoms with Gasteiger partial charge in [0.25, 0.3) is 0 Å². The lowest BCUT2D eigenvalue weighted by atomic mass is 9.94. The molecule has 0 aliphatic heterocycles. The van der Waals surface area contributed by atoms with Crippen molar-refractivity contribution >= 4 is 18.3 Å². The van der Waals surface area contributed by atoms with Crippen molar-refractivity contribution < 1.29 is 13.9 Å². The van der Waals surface area contributed by atoms with E-state index < -0.39 is 5.82 Å². The van der Waals surface area contributed by atoms with Gasteiger partial charge in [-0.25, -0.2) is 4.39 Å². The Morgan fingerprint density at radius 3 is 2.48 bits per heavy atom. The maximum Gasteiger partial charge on any atom is 0.224 e. The number of carbonyl (C=O) groups excluding carboxylic acids is 1. The number of carbonyl (C=O) groups is 1. The highest BCUT2D eigenvalue weighted by Crippen LogP contribution is 2.18. The first kappa shape index (κ1) is 19.7. The van der Waals surface area contributed by atoms with E-state index in [4.69, 9.17) is 10.5 Å². The molecule has 120 valence electrons. The Hall–Kier alpha value is -1.33. The van der Waals surface area contributed by atoms with Gasteiger partial charge in [0.2, 0.25) is 5.91 Å². The Morgan fingerprint density at radius 1 is 1.38 bits per heavy atom. The van der Waals surface area contributed by atoms with Gasteiger partial charge in [0.15, 0.2) is 11.6 Å². The van der Waals surface area contributed by atoms with Gasteiger partial charge in [-0.3, -0.25) is 4.79 Å². The molecule has 6 heteroatoms. The van der Waals surface area contributed by atoms with Crippen LogP contribution in [0.3, 0.4) is 0 Å². The minimum Gasteiger partial charge on any atom is -0.494 e. The number of halogens is 2. The highest BCUT2D eigenvalue weighted by molar-refractivity contribution is 5.85. The molecule has 1 aromatic rings. The molecule has 1 rings (SSSR count). The average Bonchev–Trinajstić information content (AvgIpc) is 2.45. The SMILES string of the molecule is CCC(N)(CC)CNC(=O)Cc1ccc(OC)c(F)c1.Cl. The first-order valence-electron chi connectivity index (χ1n) is 6.82. The number of ether oxygens (including phenoxy) is 1. The zero-order valence-electron chi connectivity index (χ0n) is 12.7. The average molecular weight is 319 g/mol. The van der Waals surface area contributed by atoms with Crippen LogP contribution < -0.4 is 15.8 Å². The van der Waals surface area contributed by atoms with Crippen molar-refractivity contribution in [1.82, 2.24) is 5.32 Å². The number of hydrogen-bond donors (Lipinski definition) is 2. The largest absolute Gasteiger partial charge is 0.494 e. The second-order valence-corrected chi connectivity index (χ2v) is 4.99. The molecule has 3 N–H and O–H groups in total. The van der Waals surface area contributed by atoms with Crippen LogP contribution in [0.5, 0.6) is 5.75 Å². The monoisotopic (exact) mass is 318 g/mol. The molecule has 0 unspecified atom stereocenters. The van der Waals surface area contributed by atoms with Gasteiger partial charge in [0.1, 0.15) is 0 Å². The summed E-state index contributed by atoms with van der Waals surface area (Å²) in [5.41, 5.74) is 6.34. The summed E-state index contributed by atoms with van der Waals surface area (Å²) in [4.78, 5) is 11.8. The molecular weight excluding hydrogens is 295 g/mol. The number of amides is 1. The summed E-state index contributed by atoms with van der Waals surface area (Å²) >= 11 is 0. The number of nitrogens with two attached hydrogens (primary N) is 1. The maximum atomic E-state index is 13.5. The highest BCUT2D eigenvalue weighted by Gasteiger charge is 2.20. The van der Waals surface area contributed by atoms with Crippen LogP contribution >= 0.6 is 12.4 Å². The number of rotatable bonds is 7. The van der Waals surface area contributed by atoms with E-state index in [0.29, 0.717) is 12.1 Å². The summed E-state index contributed by atoms with van der Waals surface area (Å²) in [6.45, 7) is 4.42. The van der Waals surface area contributed by atoms with Crippen molar-refractivity contribution in [3.63, 3.8) is 0 Å². The molecule has 1 aromatic carbocycles. The van der Waals surface area contributed by atoms with Gasteiger partial charge in [-0.15, -0.1) is 12.4 Å². The molecule has 0 aliphatic rings. The summed E-state index contributed by atoms with van der Waals surface area (Å²) < 4.78 is 18.3. The molecule has 0 heterocycles. The zero-order chi connectivity index (χ0) is 15.2. The van der Waals surface area contributed by atoms with Crippen LogP contribution in [0.4, 0.5) is 4.39 Å². The van der Waals surface area contributed by atoms with Crippen LogP contribution in [-0.2, 0) is 11.2 Å². The lowest BCUT2D eigenvalue weighted by Gasteiger charge is -2.26. The summed E-state index contributed by atoms with van der Waals surface area (Å²) in [6, 6.07) is 4.51. The van der Waals surface area contributed by atoms with Crippen molar-refractivity contribution in [2.45, 2.75) is 38.6 Å². The maximum absolute atomic E-state index is 13.5. The molecule has 0 aromatic heterocycles. The third-order valence-electron chi connectivity index (χ3n) is 3.63. The fourth-order valence-electron chi connectivity index (χ4n) is 1.84. The van der Waals surface area contributed by atoms with E-state index in [-0.39, 0.29) is 36.0 Å². The summed E-state index contributed by atoms with van der Waals surface area (Å²) in [7, 11) is 1.40. The van der Waals surface area contributed by atoms with Crippen molar-refractivity contribution in [1.29, 1.82) is 0 Å². The third-order valence-corrected chi connectivity index (χ3v) is 3.63. The number of methoxy groups -OCH3 is 1. The lowest BCUT2D eigenvalue weighted by Crippen LogP contribution is -2.49. The Bertz CT molecular complexity index is 465. The molecule has 0 spiro atoms. The van der Waals surface area contributed by atoms with E-state index in [2.05, 4.69) is 5.32 Å². The summed E-state index contributed by atoms with van der Waals surface area (Å²) in [6.07, 6.45) is 1.71. The second kappa shape index (κ2) is 8.85. The Balaban J connectivity index is 0.00000400. The Labute approximate surface area is 131 Å². The van der Waals surface area contributed by atoms with E-state index in [1.807, 2.05) is 13.8 Å². The van der Waals surface area contributed by atoms with Crippen molar-refractivity contribution in [2.24, 2.45) is 5.73 Å². The molecule has 1 amide bonds. The first-order chi connectivity index (χ1) is 9.44. The van der Waals surface area contributed by atoms with Crippen LogP contribution in [-0.4, -0.2) is 25.1 Å². The third kappa shape index (κ3) is 5.89. The highest BCUT2D eigenvalue weighted by atomic mass is 35.5. The standard InChI is InChI=1S/C15H23FN2O2.ClH/c1-4-15(17,5-2)10-18-14(19)9-11-6-7-13(20-3)12(16)8-11;/h6-8H,4-5,9-10,17H2,1-3H3,(H,18,19);1H. The van der Waals surface area contributed by atoms with Crippen molar-refractivity contribution in [2.75, 3.05) is 13.7 Å². The second-order valence-electron chi connectivity index (χ2n) is 4.99. The number of hydrogen-bond acceptors (Lipinski definition) is 3. The molecule has 21 heavy (non-hydrogen) atoms. The van der Waals surface area contributed by atoms with E-state index in [0.717, 1.165) is 12.8 Å². The van der Waals surface area contributed by atoms with Crippen LogP contribution in [0, 0.1) is 5.82 Å². The predicted octanol–water partition coefficient (Wildman–Crippen LogP) is 2.43. The number of nitrogens with one attached hydrogen (secondary N) is 1. The fourth-order valence-corrected chi connectivity index (χ4v) is 1.84. The summed E-state index contributed by atoms with van der Waals surface area (Å²) in [5, 5.41) is 2.80. The topological polar surface area (TPSA) is 64.3 Å². The molecule has 0 radical (unpaired) electrons. The quantitative estimate of drug-likeness (QED) is 0.811. The Kier molecular flexibility index (Phi) is 8.29. The lowest BCUT2D eigenvalue weighted by molar-refractivity contribution is -0.120. The minimum atomic E-state index is -0.465. The van der Waals surface area contributed by atoms with E-state index in [9.17, 15) is 9.18 Å². The van der Waals surface area contributed by atoms with Gasteiger partial charge in [0.05, 0.1) is 13.5 Å². The van der Waals surface area contributed by atoms with Crippen LogP contribution in [0.15, 0.2) is 18.2 Å². The predicted molar refractivity (Wildman–Crippen MR) is 84.4 cm³/mol. The van der Waals surface area contributed by atoms with Gasteiger partial charge >= 0.3 is 0 Å². The van der Waals surface area contributed by atoms with Gasteiger partial charge in [0, 0.05) is 12.1 Å². The fraction of sp³-hybridized carbons (Fsp3) is 0.533. The molecule has 0 atom stereocenters. The van der Waals surface area contributed by atoms with Crippen LogP contribution in [0.25, 0.3) is 0 Å². The van der Waals surface area contributed by atoms with Gasteiger partial charge in [-0.1, -0.05) is 19.9 Å². The van der Waals surface area contributed by atoms with E-state index >= 15 is 0 Å². The molecular formula is C15H24ClFN2O2. The molecule has 0 aliphatic carbocycles. The summed E-state index contributed by atoms with van der Waals surface area (Å²) in [5.74, 6) is -0.452. The zero-order valence-corrected chi connectivity index (χ0v) is 13.6. The normalized spacial score (nSPS) is 10.7. The molecule has 4 nitrogen and oxygen atoms in total. The first-order valence-corrected chi connectivity index (χ1v) is 6.82. The van der Waals surface area contributed by atoms with Crippen LogP contribution in [0.2, 0.25) is 0 Å². The molecule has 0 saturated carbocycles. The van der Waals surface area contributed by atoms with E-state index in [1.165, 1.54) is 19.2 Å². The minimum absolute atomic E-state index is 0. The van der Waals surface area contributed by atoms with Gasteiger partial charge < -0.3 is 15.8 Å². The van der Waals surface area contributed by atoms with Gasteiger partial charge in [-0.05, 0) is 30.5 Å². The molecule has 0 fully saturated rings. The van der Waals surface area contributed by atoms with E-state index in [1.54, 1.807) is 6.07 Å². The smallest absolute Gasteiger partial charge is 0.224 e. The van der Waals surface area contributed by atoms with Crippen molar-refractivity contribution in [3.05, 3.63) is 29.6 Å². The molecule has 0 bridgehead atoms. The Morgan fingerprint density at radius 2 is 2.00 bits per heavy atom. The van der Waals surface area contributed by atoms with Crippen molar-refractivity contribution in [3.8, 4) is 5.75 Å². The number of benzene rings is 1. The van der Waals surface area contributed by atoms with Gasteiger partial charge in [-0.2, -0.15) is 0 Å². The molecule has 0 saturated heterocycles.